The molecule has 0 amide bonds. The Hall–Kier alpha value is -4.97. The van der Waals surface area contributed by atoms with Crippen LogP contribution in [-0.2, 0) is 28.6 Å². The van der Waals surface area contributed by atoms with E-state index in [0.29, 0.717) is 19.3 Å². The van der Waals surface area contributed by atoms with E-state index in [-0.39, 0.29) is 50.4 Å². The number of rotatable bonds is 42. The van der Waals surface area contributed by atoms with Crippen molar-refractivity contribution in [1.82, 2.24) is 0 Å². The molecule has 0 N–H and O–H groups in total. The number of ether oxygens (including phenoxy) is 3. The molecule has 0 heterocycles. The first kappa shape index (κ1) is 60.0. The van der Waals surface area contributed by atoms with Gasteiger partial charge in [0.05, 0.1) is 0 Å². The molecule has 65 heavy (non-hydrogen) atoms. The van der Waals surface area contributed by atoms with Gasteiger partial charge in [-0.3, -0.25) is 14.4 Å². The number of hydrogen-bond acceptors (Lipinski definition) is 6. The van der Waals surface area contributed by atoms with Crippen LogP contribution in [0, 0.1) is 0 Å². The Balaban J connectivity index is 4.57. The molecule has 0 aliphatic heterocycles. The predicted octanol–water partition coefficient (Wildman–Crippen LogP) is 16.6. The Morgan fingerprint density at radius 1 is 0.338 bits per heavy atom. The minimum absolute atomic E-state index is 0.130. The van der Waals surface area contributed by atoms with Crippen LogP contribution in [-0.4, -0.2) is 37.2 Å². The Morgan fingerprint density at radius 3 is 1.17 bits per heavy atom. The fourth-order valence-electron chi connectivity index (χ4n) is 5.98. The summed E-state index contributed by atoms with van der Waals surface area (Å²) in [5, 5.41) is 0. The van der Waals surface area contributed by atoms with Crippen LogP contribution in [0.3, 0.4) is 0 Å². The lowest BCUT2D eigenvalue weighted by molar-refractivity contribution is -0.167. The van der Waals surface area contributed by atoms with Crippen LogP contribution in [0.25, 0.3) is 0 Å². The zero-order valence-electron chi connectivity index (χ0n) is 40.9. The summed E-state index contributed by atoms with van der Waals surface area (Å²) >= 11 is 0. The first-order chi connectivity index (χ1) is 32.0. The molecule has 0 saturated heterocycles. The van der Waals surface area contributed by atoms with E-state index in [1.165, 1.54) is 25.7 Å². The van der Waals surface area contributed by atoms with Crippen molar-refractivity contribution in [2.24, 2.45) is 0 Å². The minimum atomic E-state index is -0.832. The molecular formula is C59H88O6. The van der Waals surface area contributed by atoms with Gasteiger partial charge in [0, 0.05) is 19.3 Å². The van der Waals surface area contributed by atoms with E-state index in [1.54, 1.807) is 0 Å². The van der Waals surface area contributed by atoms with Crippen molar-refractivity contribution in [3.63, 3.8) is 0 Å². The molecule has 0 fully saturated rings. The summed E-state index contributed by atoms with van der Waals surface area (Å²) in [6, 6.07) is 0. The molecule has 360 valence electrons. The van der Waals surface area contributed by atoms with Crippen molar-refractivity contribution < 1.29 is 28.6 Å². The molecule has 0 aliphatic rings. The average molecular weight is 893 g/mol. The SMILES string of the molecule is CC\C=C/C=C\C=C/C=C\C=C\C=C/C=C\CCCCCC(=O)OCC(COC(=O)CCC/C=C\CCCCCC)OC(=O)CCCCC/C=C\C/C=C\C/C=C\C/C=C\C/C=C\CC. The number of carbonyl (C=O) groups excluding carboxylic acids is 3. The number of unbranched alkanes of at least 4 members (excludes halogenated alkanes) is 11. The maximum Gasteiger partial charge on any atom is 0.306 e. The summed E-state index contributed by atoms with van der Waals surface area (Å²) in [5.41, 5.74) is 0. The van der Waals surface area contributed by atoms with E-state index < -0.39 is 6.10 Å². The highest BCUT2D eigenvalue weighted by molar-refractivity contribution is 5.71. The summed E-state index contributed by atoms with van der Waals surface area (Å²) in [7, 11) is 0. The van der Waals surface area contributed by atoms with Crippen LogP contribution in [0.15, 0.2) is 158 Å². The normalized spacial score (nSPS) is 13.5. The van der Waals surface area contributed by atoms with Crippen molar-refractivity contribution in [2.45, 2.75) is 181 Å². The van der Waals surface area contributed by atoms with Gasteiger partial charge in [0.15, 0.2) is 6.10 Å². The summed E-state index contributed by atoms with van der Waals surface area (Å²) in [6.07, 6.45) is 75.2. The number of hydrogen-bond donors (Lipinski definition) is 0. The van der Waals surface area contributed by atoms with E-state index in [1.807, 2.05) is 72.9 Å². The van der Waals surface area contributed by atoms with Crippen LogP contribution in [0.4, 0.5) is 0 Å². The third kappa shape index (κ3) is 49.9. The smallest absolute Gasteiger partial charge is 0.306 e. The Morgan fingerprint density at radius 2 is 0.692 bits per heavy atom. The first-order valence-corrected chi connectivity index (χ1v) is 25.1. The molecule has 1 atom stereocenters. The second-order valence-corrected chi connectivity index (χ2v) is 15.8. The highest BCUT2D eigenvalue weighted by atomic mass is 16.6. The molecule has 0 aromatic carbocycles. The molecule has 6 nitrogen and oxygen atoms in total. The molecule has 0 bridgehead atoms. The van der Waals surface area contributed by atoms with Crippen LogP contribution in [0.5, 0.6) is 0 Å². The van der Waals surface area contributed by atoms with Gasteiger partial charge in [-0.15, -0.1) is 0 Å². The summed E-state index contributed by atoms with van der Waals surface area (Å²) in [4.78, 5) is 37.9. The molecule has 6 heteroatoms. The molecule has 1 unspecified atom stereocenters. The van der Waals surface area contributed by atoms with Crippen LogP contribution >= 0.6 is 0 Å². The molecule has 0 aromatic heterocycles. The largest absolute Gasteiger partial charge is 0.462 e. The summed E-state index contributed by atoms with van der Waals surface area (Å²) in [5.74, 6) is -1.06. The van der Waals surface area contributed by atoms with Gasteiger partial charge in [-0.2, -0.15) is 0 Å². The third-order valence-corrected chi connectivity index (χ3v) is 9.69. The average Bonchev–Trinajstić information content (AvgIpc) is 3.30. The van der Waals surface area contributed by atoms with Crippen LogP contribution in [0.1, 0.15) is 175 Å². The zero-order chi connectivity index (χ0) is 47.2. The lowest BCUT2D eigenvalue weighted by atomic mass is 10.1. The molecule has 0 aromatic rings. The lowest BCUT2D eigenvalue weighted by Crippen LogP contribution is -2.30. The van der Waals surface area contributed by atoms with E-state index in [4.69, 9.17) is 14.2 Å². The van der Waals surface area contributed by atoms with Gasteiger partial charge in [-0.05, 0) is 103 Å². The van der Waals surface area contributed by atoms with E-state index >= 15 is 0 Å². The van der Waals surface area contributed by atoms with Crippen molar-refractivity contribution >= 4 is 17.9 Å². The fourth-order valence-corrected chi connectivity index (χ4v) is 5.98. The zero-order valence-corrected chi connectivity index (χ0v) is 40.9. The quantitative estimate of drug-likeness (QED) is 0.0200. The maximum absolute atomic E-state index is 12.8. The van der Waals surface area contributed by atoms with Crippen LogP contribution < -0.4 is 0 Å². The molecule has 0 aliphatic carbocycles. The van der Waals surface area contributed by atoms with Crippen LogP contribution in [0.2, 0.25) is 0 Å². The standard InChI is InChI=1S/C59H88O6/c1-4-7-10-13-16-19-21-23-25-27-29-31-33-35-37-40-43-46-49-52-58(61)64-55-56(54-63-57(60)51-48-45-42-39-18-15-12-9-6-3)65-59(62)53-50-47-44-41-38-36-34-32-30-28-26-24-22-20-17-14-11-8-5-2/h7-8,10-11,13,16-17,19-21,23-27,29-33,35-39,42,56H,4-6,9,12,14-15,18,22,28,34,40-41,43-55H2,1-3H3/b10-7-,11-8-,16-13-,20-17-,21-19-,25-23-,26-24-,29-27+,32-30-,33-31-,37-35-,38-36-,42-39-. The van der Waals surface area contributed by atoms with Crippen molar-refractivity contribution in [2.75, 3.05) is 13.2 Å². The van der Waals surface area contributed by atoms with E-state index in [9.17, 15) is 14.4 Å². The number of carbonyl (C=O) groups is 3. The molecule has 0 rings (SSSR count). The van der Waals surface area contributed by atoms with Gasteiger partial charge >= 0.3 is 17.9 Å². The Labute approximate surface area is 397 Å². The highest BCUT2D eigenvalue weighted by Crippen LogP contribution is 2.11. The van der Waals surface area contributed by atoms with Gasteiger partial charge in [0.25, 0.3) is 0 Å². The number of esters is 3. The van der Waals surface area contributed by atoms with Gasteiger partial charge in [0.1, 0.15) is 13.2 Å². The molecule has 0 spiro atoms. The summed E-state index contributed by atoms with van der Waals surface area (Å²) < 4.78 is 16.6. The Kier molecular flexibility index (Phi) is 47.7. The predicted molar refractivity (Wildman–Crippen MR) is 278 cm³/mol. The van der Waals surface area contributed by atoms with E-state index in [0.717, 1.165) is 89.9 Å². The maximum atomic E-state index is 12.8. The van der Waals surface area contributed by atoms with Gasteiger partial charge < -0.3 is 14.2 Å². The monoisotopic (exact) mass is 893 g/mol. The first-order valence-electron chi connectivity index (χ1n) is 25.1. The van der Waals surface area contributed by atoms with Gasteiger partial charge in [-0.1, -0.05) is 211 Å². The fraction of sp³-hybridized carbons (Fsp3) is 0.508. The van der Waals surface area contributed by atoms with Gasteiger partial charge in [-0.25, -0.2) is 0 Å². The van der Waals surface area contributed by atoms with Crippen molar-refractivity contribution in [3.8, 4) is 0 Å². The summed E-state index contributed by atoms with van der Waals surface area (Å²) in [6.45, 7) is 6.21. The Bertz CT molecular complexity index is 1540. The highest BCUT2D eigenvalue weighted by Gasteiger charge is 2.19. The number of allylic oxidation sites excluding steroid dienone is 26. The second kappa shape index (κ2) is 51.7. The molecule has 0 radical (unpaired) electrons. The van der Waals surface area contributed by atoms with E-state index in [2.05, 4.69) is 106 Å². The molecule has 0 saturated carbocycles. The topological polar surface area (TPSA) is 78.9 Å². The van der Waals surface area contributed by atoms with Crippen molar-refractivity contribution in [1.29, 1.82) is 0 Å². The lowest BCUT2D eigenvalue weighted by Gasteiger charge is -2.18. The van der Waals surface area contributed by atoms with Crippen molar-refractivity contribution in [3.05, 3.63) is 158 Å². The minimum Gasteiger partial charge on any atom is -0.462 e. The third-order valence-electron chi connectivity index (χ3n) is 9.69. The molecular weight excluding hydrogens is 805 g/mol. The second-order valence-electron chi connectivity index (χ2n) is 15.8. The van der Waals surface area contributed by atoms with Gasteiger partial charge in [0.2, 0.25) is 0 Å².